The van der Waals surface area contributed by atoms with Crippen LogP contribution in [0.5, 0.6) is 0 Å². The number of nitrogens with one attached hydrogen (secondary N) is 1. The molecule has 0 bridgehead atoms. The summed E-state index contributed by atoms with van der Waals surface area (Å²) in [6, 6.07) is 0. The molecule has 6 nitrogen and oxygen atoms in total. The van der Waals surface area contributed by atoms with Gasteiger partial charge in [0.1, 0.15) is 6.10 Å². The Kier molecular flexibility index (Phi) is 3.00. The van der Waals surface area contributed by atoms with Crippen molar-refractivity contribution in [2.75, 3.05) is 0 Å². The molecule has 6 heteroatoms. The average Bonchev–Trinajstić information content (AvgIpc) is 2.86. The van der Waals surface area contributed by atoms with Crippen molar-refractivity contribution < 1.29 is 9.63 Å². The molecule has 1 unspecified atom stereocenters. The lowest BCUT2D eigenvalue weighted by Crippen LogP contribution is -1.98. The highest BCUT2D eigenvalue weighted by Gasteiger charge is 2.17. The average molecular weight is 222 g/mol. The van der Waals surface area contributed by atoms with Gasteiger partial charge in [-0.2, -0.15) is 10.1 Å². The summed E-state index contributed by atoms with van der Waals surface area (Å²) < 4.78 is 5.08. The number of aromatic amines is 1. The Morgan fingerprint density at radius 3 is 3.00 bits per heavy atom. The lowest BCUT2D eigenvalue weighted by atomic mass is 10.2. The molecule has 86 valence electrons. The van der Waals surface area contributed by atoms with E-state index in [-0.39, 0.29) is 0 Å². The second-order valence-corrected chi connectivity index (χ2v) is 3.67. The fraction of sp³-hybridized carbons (Fsp3) is 0.500. The van der Waals surface area contributed by atoms with E-state index in [4.69, 9.17) is 4.52 Å². The van der Waals surface area contributed by atoms with Gasteiger partial charge in [-0.05, 0) is 13.3 Å². The van der Waals surface area contributed by atoms with Crippen molar-refractivity contribution in [3.8, 4) is 11.5 Å². The zero-order valence-corrected chi connectivity index (χ0v) is 9.27. The molecule has 2 N–H and O–H groups in total. The molecule has 16 heavy (non-hydrogen) atoms. The second-order valence-electron chi connectivity index (χ2n) is 3.67. The maximum atomic E-state index is 9.69. The van der Waals surface area contributed by atoms with Crippen LogP contribution in [0.2, 0.25) is 0 Å². The Morgan fingerprint density at radius 2 is 2.38 bits per heavy atom. The van der Waals surface area contributed by atoms with Crippen LogP contribution in [-0.4, -0.2) is 25.4 Å². The van der Waals surface area contributed by atoms with Gasteiger partial charge < -0.3 is 9.63 Å². The van der Waals surface area contributed by atoms with Gasteiger partial charge in [0.25, 0.3) is 5.89 Å². The van der Waals surface area contributed by atoms with E-state index in [1.165, 1.54) is 0 Å². The van der Waals surface area contributed by atoms with Crippen LogP contribution in [0.3, 0.4) is 0 Å². The Morgan fingerprint density at radius 1 is 1.56 bits per heavy atom. The molecule has 2 heterocycles. The fourth-order valence-corrected chi connectivity index (χ4v) is 1.45. The van der Waals surface area contributed by atoms with Crippen molar-refractivity contribution in [2.45, 2.75) is 32.8 Å². The minimum atomic E-state index is -0.658. The third-order valence-corrected chi connectivity index (χ3v) is 2.36. The van der Waals surface area contributed by atoms with Gasteiger partial charge in [-0.25, -0.2) is 0 Å². The summed E-state index contributed by atoms with van der Waals surface area (Å²) in [5, 5.41) is 20.1. The van der Waals surface area contributed by atoms with E-state index in [9.17, 15) is 5.11 Å². The Bertz CT molecular complexity index is 463. The highest BCUT2D eigenvalue weighted by molar-refractivity contribution is 5.54. The smallest absolute Gasteiger partial charge is 0.261 e. The second kappa shape index (κ2) is 4.44. The summed E-state index contributed by atoms with van der Waals surface area (Å²) in [5.41, 5.74) is 1.63. The first-order valence-corrected chi connectivity index (χ1v) is 5.24. The Balaban J connectivity index is 2.23. The van der Waals surface area contributed by atoms with Crippen molar-refractivity contribution in [2.24, 2.45) is 0 Å². The standard InChI is InChI=1S/C10H14N4O2/c1-3-4-8(15)9-12-10(16-14-9)7-5-11-13-6(7)2/h5,8,15H,3-4H2,1-2H3,(H,11,13). The monoisotopic (exact) mass is 222 g/mol. The summed E-state index contributed by atoms with van der Waals surface area (Å²) in [6.45, 7) is 3.86. The highest BCUT2D eigenvalue weighted by Crippen LogP contribution is 2.22. The fourth-order valence-electron chi connectivity index (χ4n) is 1.45. The Hall–Kier alpha value is -1.69. The van der Waals surface area contributed by atoms with Crippen molar-refractivity contribution in [3.63, 3.8) is 0 Å². The number of nitrogens with zero attached hydrogens (tertiary/aromatic N) is 3. The van der Waals surface area contributed by atoms with E-state index in [1.807, 2.05) is 13.8 Å². The van der Waals surface area contributed by atoms with Gasteiger partial charge in [0.05, 0.1) is 11.8 Å². The SMILES string of the molecule is CCCC(O)c1noc(-c2cn[nH]c2C)n1. The maximum absolute atomic E-state index is 9.69. The molecule has 0 radical (unpaired) electrons. The lowest BCUT2D eigenvalue weighted by Gasteiger charge is -2.01. The predicted molar refractivity (Wildman–Crippen MR) is 56.5 cm³/mol. The molecule has 2 aromatic heterocycles. The maximum Gasteiger partial charge on any atom is 0.261 e. The largest absolute Gasteiger partial charge is 0.385 e. The quantitative estimate of drug-likeness (QED) is 0.820. The number of hydrogen-bond acceptors (Lipinski definition) is 5. The molecule has 0 aliphatic rings. The van der Waals surface area contributed by atoms with Crippen molar-refractivity contribution in [1.82, 2.24) is 20.3 Å². The van der Waals surface area contributed by atoms with E-state index in [2.05, 4.69) is 20.3 Å². The molecule has 2 rings (SSSR count). The van der Waals surface area contributed by atoms with Gasteiger partial charge in [-0.3, -0.25) is 5.10 Å². The van der Waals surface area contributed by atoms with Gasteiger partial charge in [0.15, 0.2) is 0 Å². The van der Waals surface area contributed by atoms with Crippen molar-refractivity contribution in [3.05, 3.63) is 17.7 Å². The Labute approximate surface area is 92.7 Å². The number of rotatable bonds is 4. The summed E-state index contributed by atoms with van der Waals surface area (Å²) >= 11 is 0. The third kappa shape index (κ3) is 1.96. The number of aryl methyl sites for hydroxylation is 1. The molecule has 1 atom stereocenters. The topological polar surface area (TPSA) is 87.8 Å². The molecule has 0 amide bonds. The van der Waals surface area contributed by atoms with Crippen molar-refractivity contribution in [1.29, 1.82) is 0 Å². The van der Waals surface area contributed by atoms with Crippen LogP contribution in [0, 0.1) is 6.92 Å². The van der Waals surface area contributed by atoms with Crippen LogP contribution in [0.4, 0.5) is 0 Å². The number of aromatic nitrogens is 4. The summed E-state index contributed by atoms with van der Waals surface area (Å²) in [6.07, 6.45) is 2.47. The van der Waals surface area contributed by atoms with E-state index >= 15 is 0 Å². The minimum Gasteiger partial charge on any atom is -0.385 e. The first-order valence-electron chi connectivity index (χ1n) is 5.24. The van der Waals surface area contributed by atoms with Crippen molar-refractivity contribution >= 4 is 0 Å². The molecule has 0 aliphatic carbocycles. The normalized spacial score (nSPS) is 12.9. The molecular weight excluding hydrogens is 208 g/mol. The highest BCUT2D eigenvalue weighted by atomic mass is 16.5. The molecule has 0 saturated carbocycles. The predicted octanol–water partition coefficient (Wildman–Crippen LogP) is 1.60. The zero-order valence-electron chi connectivity index (χ0n) is 9.27. The molecule has 2 aromatic rings. The van der Waals surface area contributed by atoms with E-state index in [0.29, 0.717) is 18.1 Å². The van der Waals surface area contributed by atoms with Crippen LogP contribution >= 0.6 is 0 Å². The molecule has 0 aromatic carbocycles. The van der Waals surface area contributed by atoms with Gasteiger partial charge in [-0.1, -0.05) is 18.5 Å². The van der Waals surface area contributed by atoms with Crippen LogP contribution in [-0.2, 0) is 0 Å². The van der Waals surface area contributed by atoms with E-state index in [1.54, 1.807) is 6.20 Å². The summed E-state index contributed by atoms with van der Waals surface area (Å²) in [4.78, 5) is 4.14. The van der Waals surface area contributed by atoms with Gasteiger partial charge in [0, 0.05) is 5.69 Å². The number of H-pyrrole nitrogens is 1. The molecular formula is C10H14N4O2. The minimum absolute atomic E-state index is 0.331. The molecule has 0 aliphatic heterocycles. The van der Waals surface area contributed by atoms with Gasteiger partial charge in [0.2, 0.25) is 5.82 Å². The van der Waals surface area contributed by atoms with E-state index < -0.39 is 6.10 Å². The first kappa shape index (κ1) is 10.8. The molecule has 0 saturated heterocycles. The van der Waals surface area contributed by atoms with Crippen LogP contribution in [0.1, 0.15) is 37.4 Å². The number of aliphatic hydroxyl groups excluding tert-OH is 1. The van der Waals surface area contributed by atoms with Crippen LogP contribution < -0.4 is 0 Å². The van der Waals surface area contributed by atoms with Gasteiger partial charge >= 0.3 is 0 Å². The molecule has 0 fully saturated rings. The van der Waals surface area contributed by atoms with Gasteiger partial charge in [-0.15, -0.1) is 0 Å². The third-order valence-electron chi connectivity index (χ3n) is 2.36. The van der Waals surface area contributed by atoms with E-state index in [0.717, 1.165) is 17.7 Å². The lowest BCUT2D eigenvalue weighted by molar-refractivity contribution is 0.153. The number of hydrogen-bond donors (Lipinski definition) is 2. The zero-order chi connectivity index (χ0) is 11.5. The summed E-state index contributed by atoms with van der Waals surface area (Å²) in [5.74, 6) is 0.717. The molecule has 0 spiro atoms. The number of aliphatic hydroxyl groups is 1. The summed E-state index contributed by atoms with van der Waals surface area (Å²) in [7, 11) is 0. The van der Waals surface area contributed by atoms with Crippen LogP contribution in [0.15, 0.2) is 10.7 Å². The first-order chi connectivity index (χ1) is 7.72. The van der Waals surface area contributed by atoms with Crippen LogP contribution in [0.25, 0.3) is 11.5 Å².